The van der Waals surface area contributed by atoms with Crippen LogP contribution in [-0.4, -0.2) is 17.4 Å². The highest BCUT2D eigenvalue weighted by Crippen LogP contribution is 2.16. The van der Waals surface area contributed by atoms with E-state index in [4.69, 9.17) is 4.74 Å². The number of hydrogen-bond acceptors (Lipinski definition) is 2. The van der Waals surface area contributed by atoms with Crippen molar-refractivity contribution in [2.75, 3.05) is 5.33 Å². The lowest BCUT2D eigenvalue weighted by Crippen LogP contribution is -2.19. The van der Waals surface area contributed by atoms with Crippen LogP contribution in [0, 0.1) is 0 Å². The Bertz CT molecular complexity index is 219. The normalized spacial score (nSPS) is 12.3. The van der Waals surface area contributed by atoms with E-state index in [1.807, 2.05) is 0 Å². The number of carbonyl (C=O) groups excluding carboxylic acids is 1. The molecule has 0 amide bonds. The van der Waals surface area contributed by atoms with Crippen LogP contribution in [-0.2, 0) is 9.53 Å². The molecule has 3 heteroatoms. The average molecular weight is 349 g/mol. The van der Waals surface area contributed by atoms with Crippen molar-refractivity contribution in [3.05, 3.63) is 0 Å². The first-order chi connectivity index (χ1) is 9.74. The zero-order chi connectivity index (χ0) is 15.1. The van der Waals surface area contributed by atoms with E-state index in [1.165, 1.54) is 64.2 Å². The number of alkyl halides is 1. The van der Waals surface area contributed by atoms with Gasteiger partial charge >= 0.3 is 5.97 Å². The average Bonchev–Trinajstić information content (AvgIpc) is 2.46. The Labute approximate surface area is 134 Å². The number of hydrogen-bond donors (Lipinski definition) is 0. The molecule has 0 saturated heterocycles. The van der Waals surface area contributed by atoms with Crippen molar-refractivity contribution in [2.24, 2.45) is 0 Å². The maximum atomic E-state index is 11.4. The lowest BCUT2D eigenvalue weighted by molar-refractivity contribution is -0.146. The third kappa shape index (κ3) is 13.0. The van der Waals surface area contributed by atoms with Crippen LogP contribution in [0.25, 0.3) is 0 Å². The van der Waals surface area contributed by atoms with Gasteiger partial charge in [-0.05, 0) is 25.7 Å². The molecule has 0 heterocycles. The fourth-order valence-electron chi connectivity index (χ4n) is 2.43. The molecule has 120 valence electrons. The van der Waals surface area contributed by atoms with Gasteiger partial charge in [-0.25, -0.2) is 0 Å². The molecule has 0 N–H and O–H groups in total. The number of esters is 1. The van der Waals surface area contributed by atoms with Gasteiger partial charge in [-0.15, -0.1) is 0 Å². The van der Waals surface area contributed by atoms with Gasteiger partial charge in [0.2, 0.25) is 0 Å². The van der Waals surface area contributed by atoms with Crippen LogP contribution in [0.3, 0.4) is 0 Å². The number of rotatable bonds is 14. The second kappa shape index (κ2) is 15.3. The van der Waals surface area contributed by atoms with Gasteiger partial charge in [0.1, 0.15) is 11.4 Å². The second-order valence-corrected chi connectivity index (χ2v) is 6.21. The topological polar surface area (TPSA) is 26.3 Å². The molecule has 1 atom stereocenters. The minimum atomic E-state index is -0.114. The minimum absolute atomic E-state index is 0.114. The molecular formula is C17H33BrO2. The molecule has 0 aliphatic rings. The predicted molar refractivity (Wildman–Crippen MR) is 90.4 cm³/mol. The lowest BCUT2D eigenvalue weighted by atomic mass is 10.0. The summed E-state index contributed by atoms with van der Waals surface area (Å²) in [4.78, 5) is 11.4. The molecule has 0 radical (unpaired) electrons. The number of unbranched alkanes of at least 4 members (excludes halogenated alkanes) is 8. The van der Waals surface area contributed by atoms with Gasteiger partial charge in [-0.2, -0.15) is 0 Å². The Morgan fingerprint density at radius 2 is 1.30 bits per heavy atom. The summed E-state index contributed by atoms with van der Waals surface area (Å²) in [6.07, 6.45) is 15.0. The van der Waals surface area contributed by atoms with E-state index in [1.54, 1.807) is 0 Å². The summed E-state index contributed by atoms with van der Waals surface area (Å²) in [6.45, 7) is 4.46. The fraction of sp³-hybridized carbons (Fsp3) is 0.941. The summed E-state index contributed by atoms with van der Waals surface area (Å²) in [5.41, 5.74) is 0. The highest BCUT2D eigenvalue weighted by molar-refractivity contribution is 9.09. The molecular weight excluding hydrogens is 316 g/mol. The van der Waals surface area contributed by atoms with Gasteiger partial charge in [0.05, 0.1) is 0 Å². The fourth-order valence-corrected chi connectivity index (χ4v) is 2.56. The summed E-state index contributed by atoms with van der Waals surface area (Å²) in [6, 6.07) is 0. The molecule has 0 aromatic rings. The van der Waals surface area contributed by atoms with Crippen molar-refractivity contribution >= 4 is 21.9 Å². The predicted octanol–water partition coefficient (Wildman–Crippen LogP) is 6.01. The van der Waals surface area contributed by atoms with Crippen molar-refractivity contribution in [1.82, 2.24) is 0 Å². The Morgan fingerprint density at radius 1 is 0.850 bits per heavy atom. The highest BCUT2D eigenvalue weighted by Gasteiger charge is 2.13. The largest absolute Gasteiger partial charge is 0.462 e. The quantitative estimate of drug-likeness (QED) is 0.218. The standard InChI is InChI=1S/C17H33BrO2/c1-3-5-7-9-10-12-14-16(20-17(19)15-18)13-11-8-6-4-2/h16H,3-15H2,1-2H3. The van der Waals surface area contributed by atoms with Crippen LogP contribution in [0.5, 0.6) is 0 Å². The third-order valence-corrected chi connectivity index (χ3v) is 4.12. The molecule has 0 saturated carbocycles. The molecule has 0 spiro atoms. The van der Waals surface area contributed by atoms with Crippen LogP contribution >= 0.6 is 15.9 Å². The summed E-state index contributed by atoms with van der Waals surface area (Å²) < 4.78 is 5.52. The molecule has 0 aromatic heterocycles. The molecule has 0 bridgehead atoms. The maximum absolute atomic E-state index is 11.4. The molecule has 0 rings (SSSR count). The lowest BCUT2D eigenvalue weighted by Gasteiger charge is -2.17. The molecule has 1 unspecified atom stereocenters. The van der Waals surface area contributed by atoms with Crippen LogP contribution in [0.1, 0.15) is 90.9 Å². The number of ether oxygens (including phenoxy) is 1. The maximum Gasteiger partial charge on any atom is 0.316 e. The third-order valence-electron chi connectivity index (χ3n) is 3.67. The Kier molecular flexibility index (Phi) is 15.3. The van der Waals surface area contributed by atoms with Crippen molar-refractivity contribution in [3.63, 3.8) is 0 Å². The highest BCUT2D eigenvalue weighted by atomic mass is 79.9. The van der Waals surface area contributed by atoms with Crippen molar-refractivity contribution in [1.29, 1.82) is 0 Å². The van der Waals surface area contributed by atoms with Crippen molar-refractivity contribution in [3.8, 4) is 0 Å². The molecule has 0 aromatic carbocycles. The summed E-state index contributed by atoms with van der Waals surface area (Å²) in [5, 5.41) is 0.314. The van der Waals surface area contributed by atoms with Crippen molar-refractivity contribution < 1.29 is 9.53 Å². The van der Waals surface area contributed by atoms with E-state index in [0.29, 0.717) is 5.33 Å². The van der Waals surface area contributed by atoms with Gasteiger partial charge < -0.3 is 4.74 Å². The molecule has 2 nitrogen and oxygen atoms in total. The van der Waals surface area contributed by atoms with E-state index >= 15 is 0 Å². The molecule has 20 heavy (non-hydrogen) atoms. The zero-order valence-electron chi connectivity index (χ0n) is 13.5. The number of carbonyl (C=O) groups is 1. The van der Waals surface area contributed by atoms with Crippen LogP contribution in [0.2, 0.25) is 0 Å². The first kappa shape index (κ1) is 19.9. The summed E-state index contributed by atoms with van der Waals surface area (Å²) >= 11 is 3.17. The van der Waals surface area contributed by atoms with E-state index in [2.05, 4.69) is 29.8 Å². The van der Waals surface area contributed by atoms with E-state index in [-0.39, 0.29) is 12.1 Å². The Balaban J connectivity index is 3.77. The van der Waals surface area contributed by atoms with Crippen LogP contribution in [0.4, 0.5) is 0 Å². The van der Waals surface area contributed by atoms with E-state index in [9.17, 15) is 4.79 Å². The summed E-state index contributed by atoms with van der Waals surface area (Å²) in [5.74, 6) is -0.114. The SMILES string of the molecule is CCCCCCCCC(CCCCCC)OC(=O)CBr. The first-order valence-corrected chi connectivity index (χ1v) is 9.62. The van der Waals surface area contributed by atoms with Crippen molar-refractivity contribution in [2.45, 2.75) is 97.0 Å². The monoisotopic (exact) mass is 348 g/mol. The summed E-state index contributed by atoms with van der Waals surface area (Å²) in [7, 11) is 0. The van der Waals surface area contributed by atoms with E-state index in [0.717, 1.165) is 12.8 Å². The van der Waals surface area contributed by atoms with Gasteiger partial charge in [0.25, 0.3) is 0 Å². The molecule has 0 fully saturated rings. The Morgan fingerprint density at radius 3 is 1.80 bits per heavy atom. The Hall–Kier alpha value is -0.0500. The van der Waals surface area contributed by atoms with E-state index < -0.39 is 0 Å². The smallest absolute Gasteiger partial charge is 0.316 e. The van der Waals surface area contributed by atoms with Gasteiger partial charge in [-0.1, -0.05) is 81.1 Å². The van der Waals surface area contributed by atoms with Gasteiger partial charge in [0.15, 0.2) is 0 Å². The van der Waals surface area contributed by atoms with Crippen LogP contribution in [0.15, 0.2) is 0 Å². The molecule has 0 aliphatic carbocycles. The number of halogens is 1. The van der Waals surface area contributed by atoms with Gasteiger partial charge in [0, 0.05) is 0 Å². The minimum Gasteiger partial charge on any atom is -0.462 e. The second-order valence-electron chi connectivity index (χ2n) is 5.65. The molecule has 0 aliphatic heterocycles. The first-order valence-electron chi connectivity index (χ1n) is 8.50. The zero-order valence-corrected chi connectivity index (χ0v) is 15.1. The van der Waals surface area contributed by atoms with Crippen LogP contribution < -0.4 is 0 Å². The van der Waals surface area contributed by atoms with Gasteiger partial charge in [-0.3, -0.25) is 4.79 Å².